The van der Waals surface area contributed by atoms with Gasteiger partial charge in [-0.1, -0.05) is 12.1 Å². The van der Waals surface area contributed by atoms with E-state index < -0.39 is 32.5 Å². The molecule has 1 N–H and O–H groups in total. The van der Waals surface area contributed by atoms with Crippen molar-refractivity contribution in [3.63, 3.8) is 0 Å². The van der Waals surface area contributed by atoms with E-state index in [2.05, 4.69) is 0 Å². The molecule has 1 aliphatic rings. The number of alkyl halides is 2. The molecule has 1 fully saturated rings. The molecule has 1 aromatic rings. The van der Waals surface area contributed by atoms with Crippen LogP contribution in [-0.2, 0) is 14.6 Å². The predicted molar refractivity (Wildman–Crippen MR) is 67.6 cm³/mol. The van der Waals surface area contributed by atoms with Crippen LogP contribution in [0.1, 0.15) is 12.8 Å². The fourth-order valence-electron chi connectivity index (χ4n) is 2.34. The van der Waals surface area contributed by atoms with Crippen LogP contribution in [0.4, 0.5) is 14.5 Å². The highest BCUT2D eigenvalue weighted by Crippen LogP contribution is 2.33. The molecule has 1 aliphatic heterocycles. The van der Waals surface area contributed by atoms with Gasteiger partial charge < -0.3 is 10.0 Å². The lowest BCUT2D eigenvalue weighted by Gasteiger charge is -2.25. The van der Waals surface area contributed by atoms with Crippen LogP contribution < -0.4 is 4.90 Å². The molecular weight excluding hydrogens is 292 g/mol. The van der Waals surface area contributed by atoms with Crippen molar-refractivity contribution in [3.8, 4) is 0 Å². The van der Waals surface area contributed by atoms with Crippen LogP contribution in [-0.4, -0.2) is 37.8 Å². The summed E-state index contributed by atoms with van der Waals surface area (Å²) in [7, 11) is -4.76. The first kappa shape index (κ1) is 14.7. The number of hydrogen-bond donors (Lipinski definition) is 1. The van der Waals surface area contributed by atoms with Gasteiger partial charge in [-0.05, 0) is 25.0 Å². The van der Waals surface area contributed by atoms with Crippen LogP contribution >= 0.6 is 0 Å². The number of halogens is 2. The molecule has 5 nitrogen and oxygen atoms in total. The molecule has 0 saturated carbocycles. The number of benzene rings is 1. The van der Waals surface area contributed by atoms with Gasteiger partial charge in [0.25, 0.3) is 0 Å². The van der Waals surface area contributed by atoms with E-state index in [0.29, 0.717) is 19.4 Å². The summed E-state index contributed by atoms with van der Waals surface area (Å²) < 4.78 is 48.7. The lowest BCUT2D eigenvalue weighted by molar-refractivity contribution is -0.138. The van der Waals surface area contributed by atoms with Gasteiger partial charge in [-0.25, -0.2) is 13.2 Å². The number of nitrogens with zero attached hydrogens (tertiary/aromatic N) is 1. The summed E-state index contributed by atoms with van der Waals surface area (Å²) in [4.78, 5) is 12.0. The van der Waals surface area contributed by atoms with Gasteiger partial charge in [-0.15, -0.1) is 0 Å². The second-order valence-electron chi connectivity index (χ2n) is 4.46. The van der Waals surface area contributed by atoms with Gasteiger partial charge in [0.15, 0.2) is 0 Å². The highest BCUT2D eigenvalue weighted by atomic mass is 32.2. The third kappa shape index (κ3) is 2.47. The molecule has 2 rings (SSSR count). The molecule has 0 spiro atoms. The zero-order chi connectivity index (χ0) is 14.9. The largest absolute Gasteiger partial charge is 0.480 e. The first-order valence-corrected chi connectivity index (χ1v) is 7.51. The zero-order valence-electron chi connectivity index (χ0n) is 10.4. The smallest absolute Gasteiger partial charge is 0.341 e. The van der Waals surface area contributed by atoms with Crippen molar-refractivity contribution in [2.75, 3.05) is 11.4 Å². The topological polar surface area (TPSA) is 74.7 Å². The van der Waals surface area contributed by atoms with Gasteiger partial charge >= 0.3 is 11.7 Å². The average Bonchev–Trinajstić information content (AvgIpc) is 2.87. The quantitative estimate of drug-likeness (QED) is 0.917. The maximum absolute atomic E-state index is 12.7. The van der Waals surface area contributed by atoms with Crippen molar-refractivity contribution in [1.82, 2.24) is 0 Å². The molecule has 0 aromatic heterocycles. The Bertz CT molecular complexity index is 618. The fourth-order valence-corrected chi connectivity index (χ4v) is 3.28. The Labute approximate surface area is 114 Å². The summed E-state index contributed by atoms with van der Waals surface area (Å²) in [6.07, 6.45) is 0.929. The van der Waals surface area contributed by atoms with Crippen LogP contribution in [0.2, 0.25) is 0 Å². The van der Waals surface area contributed by atoms with Crippen molar-refractivity contribution in [2.45, 2.75) is 29.5 Å². The van der Waals surface area contributed by atoms with Crippen LogP contribution in [0.5, 0.6) is 0 Å². The lowest BCUT2D eigenvalue weighted by atomic mass is 10.2. The van der Waals surface area contributed by atoms with Crippen LogP contribution in [0, 0.1) is 0 Å². The monoisotopic (exact) mass is 305 g/mol. The maximum atomic E-state index is 12.7. The van der Waals surface area contributed by atoms with E-state index >= 15 is 0 Å². The third-order valence-corrected chi connectivity index (χ3v) is 4.68. The van der Waals surface area contributed by atoms with Gasteiger partial charge in [0.1, 0.15) is 6.04 Å². The standard InChI is InChI=1S/C12H13F2NO4S/c13-12(14)20(18,19)10-6-2-1-4-8(10)15-7-3-5-9(15)11(16)17/h1-2,4,6,9,12H,3,5,7H2,(H,16,17). The van der Waals surface area contributed by atoms with Gasteiger partial charge in [0.05, 0.1) is 10.6 Å². The normalized spacial score (nSPS) is 19.6. The fraction of sp³-hybridized carbons (Fsp3) is 0.417. The van der Waals surface area contributed by atoms with Crippen LogP contribution in [0.3, 0.4) is 0 Å². The van der Waals surface area contributed by atoms with Crippen molar-refractivity contribution < 1.29 is 27.1 Å². The number of anilines is 1. The lowest BCUT2D eigenvalue weighted by Crippen LogP contribution is -2.36. The molecule has 0 radical (unpaired) electrons. The maximum Gasteiger partial charge on any atom is 0.341 e. The Morgan fingerprint density at radius 1 is 1.35 bits per heavy atom. The van der Waals surface area contributed by atoms with E-state index in [9.17, 15) is 22.0 Å². The molecular formula is C12H13F2NO4S. The molecule has 110 valence electrons. The van der Waals surface area contributed by atoms with Gasteiger partial charge in [0, 0.05) is 6.54 Å². The van der Waals surface area contributed by atoms with Gasteiger partial charge in [-0.2, -0.15) is 8.78 Å². The summed E-state index contributed by atoms with van der Waals surface area (Å²) in [5.74, 6) is -4.62. The van der Waals surface area contributed by atoms with E-state index in [1.54, 1.807) is 0 Å². The zero-order valence-corrected chi connectivity index (χ0v) is 11.2. The average molecular weight is 305 g/mol. The summed E-state index contributed by atoms with van der Waals surface area (Å²) in [6.45, 7) is 0.326. The highest BCUT2D eigenvalue weighted by molar-refractivity contribution is 7.91. The Kier molecular flexibility index (Phi) is 3.94. The molecule has 1 unspecified atom stereocenters. The highest BCUT2D eigenvalue weighted by Gasteiger charge is 2.36. The molecule has 0 bridgehead atoms. The summed E-state index contributed by atoms with van der Waals surface area (Å²) in [5.41, 5.74) is 0.0256. The number of carboxylic acid groups (broad SMARTS) is 1. The van der Waals surface area contributed by atoms with E-state index in [1.165, 1.54) is 23.1 Å². The molecule has 8 heteroatoms. The molecule has 0 aliphatic carbocycles. The van der Waals surface area contributed by atoms with Crippen molar-refractivity contribution >= 4 is 21.5 Å². The number of rotatable bonds is 4. The number of sulfone groups is 1. The number of para-hydroxylation sites is 1. The summed E-state index contributed by atoms with van der Waals surface area (Å²) >= 11 is 0. The van der Waals surface area contributed by atoms with E-state index in [1.807, 2.05) is 0 Å². The predicted octanol–water partition coefficient (Wildman–Crippen LogP) is 1.74. The van der Waals surface area contributed by atoms with E-state index in [0.717, 1.165) is 6.07 Å². The van der Waals surface area contributed by atoms with Crippen molar-refractivity contribution in [1.29, 1.82) is 0 Å². The molecule has 20 heavy (non-hydrogen) atoms. The number of carboxylic acids is 1. The van der Waals surface area contributed by atoms with Crippen LogP contribution in [0.15, 0.2) is 29.2 Å². The number of hydrogen-bond acceptors (Lipinski definition) is 4. The molecule has 0 amide bonds. The Balaban J connectivity index is 2.51. The third-order valence-electron chi connectivity index (χ3n) is 3.25. The SMILES string of the molecule is O=C(O)C1CCCN1c1ccccc1S(=O)(=O)C(F)F. The molecule has 1 atom stereocenters. The molecule has 1 heterocycles. The second kappa shape index (κ2) is 5.35. The minimum atomic E-state index is -4.76. The van der Waals surface area contributed by atoms with E-state index in [-0.39, 0.29) is 5.69 Å². The minimum absolute atomic E-state index is 0.0256. The Morgan fingerprint density at radius 2 is 2.00 bits per heavy atom. The van der Waals surface area contributed by atoms with Gasteiger partial charge in [0.2, 0.25) is 9.84 Å². The first-order valence-electron chi connectivity index (χ1n) is 5.96. The second-order valence-corrected chi connectivity index (χ2v) is 6.35. The minimum Gasteiger partial charge on any atom is -0.480 e. The van der Waals surface area contributed by atoms with Crippen molar-refractivity contribution in [3.05, 3.63) is 24.3 Å². The van der Waals surface area contributed by atoms with Gasteiger partial charge in [-0.3, -0.25) is 0 Å². The van der Waals surface area contributed by atoms with E-state index in [4.69, 9.17) is 5.11 Å². The number of aliphatic carboxylic acids is 1. The Morgan fingerprint density at radius 3 is 2.60 bits per heavy atom. The van der Waals surface area contributed by atoms with Crippen molar-refractivity contribution in [2.24, 2.45) is 0 Å². The Hall–Kier alpha value is -1.70. The molecule has 1 aromatic carbocycles. The first-order chi connectivity index (χ1) is 9.35. The van der Waals surface area contributed by atoms with Crippen LogP contribution in [0.25, 0.3) is 0 Å². The molecule has 1 saturated heterocycles. The number of carbonyl (C=O) groups is 1. The summed E-state index contributed by atoms with van der Waals surface area (Å²) in [6, 6.07) is 4.38. The summed E-state index contributed by atoms with van der Waals surface area (Å²) in [5, 5.41) is 9.11.